The van der Waals surface area contributed by atoms with Gasteiger partial charge in [-0.05, 0) is 25.5 Å². The molecule has 0 aliphatic rings. The number of nitrogens with one attached hydrogen (secondary N) is 1. The van der Waals surface area contributed by atoms with Crippen molar-refractivity contribution in [3.05, 3.63) is 29.6 Å². The largest absolute Gasteiger partial charge is 0.341 e. The highest BCUT2D eigenvalue weighted by Gasteiger charge is 2.18. The number of hydrogen-bond donors (Lipinski definition) is 1. The summed E-state index contributed by atoms with van der Waals surface area (Å²) in [4.78, 5) is 27.5. The standard InChI is InChI=1S/C13H18N2O2/c1-4-10(12(16)5-2)15-13(17)11-8-6-7-9(3)14-11/h6-8,10H,4-5H2,1-3H3,(H,15,17)/t10-/m0/s1. The van der Waals surface area contributed by atoms with Gasteiger partial charge in [0.1, 0.15) is 5.69 Å². The molecular weight excluding hydrogens is 216 g/mol. The van der Waals surface area contributed by atoms with E-state index in [1.165, 1.54) is 0 Å². The molecule has 4 nitrogen and oxygen atoms in total. The molecule has 0 aromatic carbocycles. The monoisotopic (exact) mass is 234 g/mol. The molecule has 1 heterocycles. The van der Waals surface area contributed by atoms with Crippen molar-refractivity contribution in [1.82, 2.24) is 10.3 Å². The lowest BCUT2D eigenvalue weighted by Crippen LogP contribution is -2.40. The Hall–Kier alpha value is -1.71. The second kappa shape index (κ2) is 6.13. The average molecular weight is 234 g/mol. The third kappa shape index (κ3) is 3.66. The molecular formula is C13H18N2O2. The van der Waals surface area contributed by atoms with Gasteiger partial charge in [0.25, 0.3) is 5.91 Å². The molecule has 1 N–H and O–H groups in total. The van der Waals surface area contributed by atoms with Crippen molar-refractivity contribution in [3.8, 4) is 0 Å². The minimum Gasteiger partial charge on any atom is -0.341 e. The third-order valence-electron chi connectivity index (χ3n) is 2.57. The highest BCUT2D eigenvalue weighted by Crippen LogP contribution is 2.02. The number of nitrogens with zero attached hydrogens (tertiary/aromatic N) is 1. The minimum atomic E-state index is -0.408. The highest BCUT2D eigenvalue weighted by molar-refractivity contribution is 5.96. The average Bonchev–Trinajstić information content (AvgIpc) is 2.34. The second-order valence-electron chi connectivity index (χ2n) is 3.92. The van der Waals surface area contributed by atoms with Gasteiger partial charge in [0, 0.05) is 12.1 Å². The van der Waals surface area contributed by atoms with Gasteiger partial charge in [0.05, 0.1) is 6.04 Å². The van der Waals surface area contributed by atoms with Gasteiger partial charge < -0.3 is 5.32 Å². The summed E-state index contributed by atoms with van der Waals surface area (Å²) in [7, 11) is 0. The number of aromatic nitrogens is 1. The zero-order valence-electron chi connectivity index (χ0n) is 10.5. The van der Waals surface area contributed by atoms with Crippen molar-refractivity contribution in [3.63, 3.8) is 0 Å². The molecule has 0 bridgehead atoms. The van der Waals surface area contributed by atoms with Gasteiger partial charge in [0.2, 0.25) is 0 Å². The maximum Gasteiger partial charge on any atom is 0.270 e. The van der Waals surface area contributed by atoms with Crippen LogP contribution in [0.2, 0.25) is 0 Å². The Kier molecular flexibility index (Phi) is 4.82. The highest BCUT2D eigenvalue weighted by atomic mass is 16.2. The van der Waals surface area contributed by atoms with Crippen LogP contribution in [0.25, 0.3) is 0 Å². The predicted octanol–water partition coefficient (Wildman–Crippen LogP) is 1.88. The number of carbonyl (C=O) groups excluding carboxylic acids is 2. The first-order chi connectivity index (χ1) is 8.08. The molecule has 4 heteroatoms. The minimum absolute atomic E-state index is 0.0495. The summed E-state index contributed by atoms with van der Waals surface area (Å²) in [6, 6.07) is 4.84. The molecule has 0 aliphatic carbocycles. The number of Topliss-reactive ketones (excluding diaryl/α,β-unsaturated/α-hetero) is 1. The fourth-order valence-electron chi connectivity index (χ4n) is 1.56. The van der Waals surface area contributed by atoms with E-state index < -0.39 is 6.04 Å². The van der Waals surface area contributed by atoms with E-state index in [1.807, 2.05) is 19.9 Å². The molecule has 0 fully saturated rings. The molecule has 0 saturated carbocycles. The van der Waals surface area contributed by atoms with Gasteiger partial charge in [-0.3, -0.25) is 9.59 Å². The van der Waals surface area contributed by atoms with Crippen LogP contribution in [-0.2, 0) is 4.79 Å². The molecule has 92 valence electrons. The Morgan fingerprint density at radius 3 is 2.59 bits per heavy atom. The van der Waals surface area contributed by atoms with Crippen molar-refractivity contribution in [2.24, 2.45) is 0 Å². The van der Waals surface area contributed by atoms with Gasteiger partial charge in [-0.1, -0.05) is 19.9 Å². The van der Waals surface area contributed by atoms with Gasteiger partial charge >= 0.3 is 0 Å². The maximum atomic E-state index is 11.9. The van der Waals surface area contributed by atoms with Crippen LogP contribution in [0.5, 0.6) is 0 Å². The Balaban J connectivity index is 2.74. The lowest BCUT2D eigenvalue weighted by atomic mass is 10.1. The number of ketones is 1. The van der Waals surface area contributed by atoms with E-state index in [0.29, 0.717) is 18.5 Å². The summed E-state index contributed by atoms with van der Waals surface area (Å²) in [5.74, 6) is -0.240. The van der Waals surface area contributed by atoms with Crippen molar-refractivity contribution >= 4 is 11.7 Å². The Morgan fingerprint density at radius 1 is 1.35 bits per heavy atom. The first-order valence-electron chi connectivity index (χ1n) is 5.85. The molecule has 1 aromatic heterocycles. The number of hydrogen-bond acceptors (Lipinski definition) is 3. The van der Waals surface area contributed by atoms with Crippen LogP contribution in [0.4, 0.5) is 0 Å². The lowest BCUT2D eigenvalue weighted by Gasteiger charge is -2.14. The van der Waals surface area contributed by atoms with Crippen LogP contribution in [-0.4, -0.2) is 22.7 Å². The van der Waals surface area contributed by atoms with Gasteiger partial charge in [-0.15, -0.1) is 0 Å². The summed E-state index contributed by atoms with van der Waals surface area (Å²) in [5, 5.41) is 2.71. The fourth-order valence-corrected chi connectivity index (χ4v) is 1.56. The van der Waals surface area contributed by atoms with Crippen molar-refractivity contribution in [1.29, 1.82) is 0 Å². The Morgan fingerprint density at radius 2 is 2.06 bits per heavy atom. The predicted molar refractivity (Wildman–Crippen MR) is 65.8 cm³/mol. The molecule has 1 rings (SSSR count). The second-order valence-corrected chi connectivity index (χ2v) is 3.92. The third-order valence-corrected chi connectivity index (χ3v) is 2.57. The van der Waals surface area contributed by atoms with Crippen LogP contribution in [0, 0.1) is 6.92 Å². The Labute approximate surface area is 101 Å². The van der Waals surface area contributed by atoms with Crippen LogP contribution in [0.1, 0.15) is 42.9 Å². The number of pyridine rings is 1. The van der Waals surface area contributed by atoms with E-state index in [2.05, 4.69) is 10.3 Å². The molecule has 17 heavy (non-hydrogen) atoms. The summed E-state index contributed by atoms with van der Waals surface area (Å²) < 4.78 is 0. The molecule has 1 atom stereocenters. The zero-order valence-corrected chi connectivity index (χ0v) is 10.5. The SMILES string of the molecule is CCC(=O)[C@H](CC)NC(=O)c1cccc(C)n1. The summed E-state index contributed by atoms with van der Waals surface area (Å²) >= 11 is 0. The molecule has 0 saturated heterocycles. The lowest BCUT2D eigenvalue weighted by molar-refractivity contribution is -0.120. The number of rotatable bonds is 5. The van der Waals surface area contributed by atoms with Gasteiger partial charge in [-0.25, -0.2) is 4.98 Å². The van der Waals surface area contributed by atoms with E-state index in [-0.39, 0.29) is 11.7 Å². The van der Waals surface area contributed by atoms with E-state index in [1.54, 1.807) is 19.1 Å². The van der Waals surface area contributed by atoms with E-state index >= 15 is 0 Å². The summed E-state index contributed by atoms with van der Waals surface area (Å²) in [5.41, 5.74) is 1.14. The number of carbonyl (C=O) groups is 2. The fraction of sp³-hybridized carbons (Fsp3) is 0.462. The van der Waals surface area contributed by atoms with E-state index in [9.17, 15) is 9.59 Å². The summed E-state index contributed by atoms with van der Waals surface area (Å²) in [6.07, 6.45) is 1.03. The molecule has 0 aliphatic heterocycles. The number of aryl methyl sites for hydroxylation is 1. The normalized spacial score (nSPS) is 11.9. The number of amides is 1. The van der Waals surface area contributed by atoms with Crippen LogP contribution in [0.15, 0.2) is 18.2 Å². The van der Waals surface area contributed by atoms with Crippen LogP contribution >= 0.6 is 0 Å². The first-order valence-corrected chi connectivity index (χ1v) is 5.85. The smallest absolute Gasteiger partial charge is 0.270 e. The topological polar surface area (TPSA) is 59.1 Å². The zero-order chi connectivity index (χ0) is 12.8. The van der Waals surface area contributed by atoms with Gasteiger partial charge in [0.15, 0.2) is 5.78 Å². The molecule has 1 aromatic rings. The first kappa shape index (κ1) is 13.4. The quantitative estimate of drug-likeness (QED) is 0.846. The molecule has 0 radical (unpaired) electrons. The van der Waals surface area contributed by atoms with Gasteiger partial charge in [-0.2, -0.15) is 0 Å². The Bertz CT molecular complexity index is 416. The van der Waals surface area contributed by atoms with Crippen molar-refractivity contribution in [2.75, 3.05) is 0 Å². The van der Waals surface area contributed by atoms with E-state index in [0.717, 1.165) is 5.69 Å². The summed E-state index contributed by atoms with van der Waals surface area (Å²) in [6.45, 7) is 5.50. The molecule has 0 unspecified atom stereocenters. The molecule has 0 spiro atoms. The molecule has 1 amide bonds. The van der Waals surface area contributed by atoms with Crippen LogP contribution in [0.3, 0.4) is 0 Å². The van der Waals surface area contributed by atoms with Crippen molar-refractivity contribution in [2.45, 2.75) is 39.7 Å². The van der Waals surface area contributed by atoms with Crippen molar-refractivity contribution < 1.29 is 9.59 Å². The van der Waals surface area contributed by atoms with Crippen LogP contribution < -0.4 is 5.32 Å². The maximum absolute atomic E-state index is 11.9. The van der Waals surface area contributed by atoms with E-state index in [4.69, 9.17) is 0 Å².